The molecule has 1 aliphatic rings. The average Bonchev–Trinajstić information content (AvgIpc) is 2.78. The van der Waals surface area contributed by atoms with Gasteiger partial charge < -0.3 is 15.4 Å². The SMILES string of the molecule is CC1CCN(C(=O)c2cc(F)c(NN)c(F)c2)C1CO. The summed E-state index contributed by atoms with van der Waals surface area (Å²) in [5, 5.41) is 9.33. The summed E-state index contributed by atoms with van der Waals surface area (Å²) in [6, 6.07) is 1.57. The van der Waals surface area contributed by atoms with Crippen molar-refractivity contribution >= 4 is 11.6 Å². The van der Waals surface area contributed by atoms with Crippen molar-refractivity contribution in [1.29, 1.82) is 0 Å². The molecule has 1 saturated heterocycles. The van der Waals surface area contributed by atoms with Crippen LogP contribution in [0.25, 0.3) is 0 Å². The van der Waals surface area contributed by atoms with E-state index < -0.39 is 23.2 Å². The summed E-state index contributed by atoms with van der Waals surface area (Å²) in [6.45, 7) is 2.22. The third-order valence-corrected chi connectivity index (χ3v) is 3.76. The molecule has 20 heavy (non-hydrogen) atoms. The maximum atomic E-state index is 13.6. The van der Waals surface area contributed by atoms with Gasteiger partial charge in [-0.2, -0.15) is 0 Å². The second-order valence-electron chi connectivity index (χ2n) is 4.97. The predicted octanol–water partition coefficient (Wildman–Crippen LogP) is 1.09. The highest BCUT2D eigenvalue weighted by molar-refractivity contribution is 5.95. The summed E-state index contributed by atoms with van der Waals surface area (Å²) in [7, 11) is 0. The number of rotatable bonds is 3. The summed E-state index contributed by atoms with van der Waals surface area (Å²) in [5.41, 5.74) is 1.34. The number of benzene rings is 1. The van der Waals surface area contributed by atoms with Crippen LogP contribution in [0.3, 0.4) is 0 Å². The van der Waals surface area contributed by atoms with E-state index in [9.17, 15) is 18.7 Å². The predicted molar refractivity (Wildman–Crippen MR) is 69.9 cm³/mol. The quantitative estimate of drug-likeness (QED) is 0.574. The van der Waals surface area contributed by atoms with E-state index in [1.807, 2.05) is 12.3 Å². The van der Waals surface area contributed by atoms with Gasteiger partial charge in [-0.15, -0.1) is 0 Å². The molecule has 2 atom stereocenters. The van der Waals surface area contributed by atoms with Crippen LogP contribution in [0.15, 0.2) is 12.1 Å². The topological polar surface area (TPSA) is 78.6 Å². The summed E-state index contributed by atoms with van der Waals surface area (Å²) in [4.78, 5) is 13.7. The Bertz CT molecular complexity index is 501. The highest BCUT2D eigenvalue weighted by atomic mass is 19.1. The van der Waals surface area contributed by atoms with Crippen LogP contribution in [-0.4, -0.2) is 35.1 Å². The molecule has 1 aliphatic heterocycles. The number of nitrogen functional groups attached to an aromatic ring is 1. The van der Waals surface area contributed by atoms with Crippen LogP contribution < -0.4 is 11.3 Å². The van der Waals surface area contributed by atoms with E-state index in [0.717, 1.165) is 18.6 Å². The number of aliphatic hydroxyl groups is 1. The van der Waals surface area contributed by atoms with Crippen molar-refractivity contribution in [3.05, 3.63) is 29.3 Å². The standard InChI is InChI=1S/C13H17F2N3O2/c1-7-2-3-18(11(7)6-19)13(20)8-4-9(14)12(17-16)10(15)5-8/h4-5,7,11,17,19H,2-3,6,16H2,1H3. The summed E-state index contributed by atoms with van der Waals surface area (Å²) < 4.78 is 27.2. The molecule has 1 amide bonds. The number of nitrogens with two attached hydrogens (primary N) is 1. The van der Waals surface area contributed by atoms with Gasteiger partial charge in [0.15, 0.2) is 11.6 Å². The van der Waals surface area contributed by atoms with E-state index in [0.29, 0.717) is 6.54 Å². The average molecular weight is 285 g/mol. The van der Waals surface area contributed by atoms with Gasteiger partial charge in [-0.25, -0.2) is 8.78 Å². The molecular formula is C13H17F2N3O2. The van der Waals surface area contributed by atoms with Crippen LogP contribution >= 0.6 is 0 Å². The zero-order valence-electron chi connectivity index (χ0n) is 11.1. The van der Waals surface area contributed by atoms with Gasteiger partial charge >= 0.3 is 0 Å². The number of nitrogens with zero attached hydrogens (tertiary/aromatic N) is 1. The maximum absolute atomic E-state index is 13.6. The van der Waals surface area contributed by atoms with Gasteiger partial charge in [-0.1, -0.05) is 6.92 Å². The molecule has 0 bridgehead atoms. The van der Waals surface area contributed by atoms with Crippen molar-refractivity contribution in [2.45, 2.75) is 19.4 Å². The Morgan fingerprint density at radius 2 is 2.10 bits per heavy atom. The van der Waals surface area contributed by atoms with Crippen molar-refractivity contribution in [3.8, 4) is 0 Å². The third-order valence-electron chi connectivity index (χ3n) is 3.76. The van der Waals surface area contributed by atoms with E-state index in [1.165, 1.54) is 4.90 Å². The maximum Gasteiger partial charge on any atom is 0.254 e. The zero-order valence-corrected chi connectivity index (χ0v) is 11.1. The highest BCUT2D eigenvalue weighted by Crippen LogP contribution is 2.27. The molecule has 0 saturated carbocycles. The van der Waals surface area contributed by atoms with Crippen LogP contribution in [0.1, 0.15) is 23.7 Å². The summed E-state index contributed by atoms with van der Waals surface area (Å²) in [5.74, 6) is 2.81. The van der Waals surface area contributed by atoms with Crippen LogP contribution in [0.2, 0.25) is 0 Å². The molecule has 0 aliphatic carbocycles. The van der Waals surface area contributed by atoms with Crippen molar-refractivity contribution in [2.75, 3.05) is 18.6 Å². The van der Waals surface area contributed by atoms with E-state index in [2.05, 4.69) is 0 Å². The molecule has 4 N–H and O–H groups in total. The fourth-order valence-corrected chi connectivity index (χ4v) is 2.54. The minimum Gasteiger partial charge on any atom is -0.394 e. The highest BCUT2D eigenvalue weighted by Gasteiger charge is 2.34. The molecule has 0 spiro atoms. The first-order valence-electron chi connectivity index (χ1n) is 6.37. The summed E-state index contributed by atoms with van der Waals surface area (Å²) in [6.07, 6.45) is 0.754. The van der Waals surface area contributed by atoms with Crippen molar-refractivity contribution in [3.63, 3.8) is 0 Å². The van der Waals surface area contributed by atoms with Gasteiger partial charge in [0.1, 0.15) is 5.69 Å². The molecule has 2 rings (SSSR count). The number of likely N-dealkylation sites (tertiary alicyclic amines) is 1. The van der Waals surface area contributed by atoms with Crippen LogP contribution in [0.5, 0.6) is 0 Å². The minimum atomic E-state index is -0.927. The van der Waals surface area contributed by atoms with E-state index in [-0.39, 0.29) is 24.1 Å². The first kappa shape index (κ1) is 14.7. The van der Waals surface area contributed by atoms with Crippen molar-refractivity contribution in [1.82, 2.24) is 4.90 Å². The van der Waals surface area contributed by atoms with Gasteiger partial charge in [0.2, 0.25) is 0 Å². The number of hydrazine groups is 1. The lowest BCUT2D eigenvalue weighted by Gasteiger charge is -2.25. The lowest BCUT2D eigenvalue weighted by Crippen LogP contribution is -2.39. The van der Waals surface area contributed by atoms with Crippen molar-refractivity contribution < 1.29 is 18.7 Å². The number of amides is 1. The number of hydrogen-bond acceptors (Lipinski definition) is 4. The van der Waals surface area contributed by atoms with Gasteiger partial charge in [-0.05, 0) is 24.5 Å². The second kappa shape index (κ2) is 5.72. The molecule has 2 unspecified atom stereocenters. The lowest BCUT2D eigenvalue weighted by molar-refractivity contribution is 0.0647. The Balaban J connectivity index is 2.30. The Hall–Kier alpha value is -1.73. The first-order valence-corrected chi connectivity index (χ1v) is 6.37. The lowest BCUT2D eigenvalue weighted by atomic mass is 10.0. The molecule has 1 aromatic rings. The summed E-state index contributed by atoms with van der Waals surface area (Å²) >= 11 is 0. The van der Waals surface area contributed by atoms with Gasteiger partial charge in [-0.3, -0.25) is 10.6 Å². The Kier molecular flexibility index (Phi) is 4.20. The number of aliphatic hydroxyl groups excluding tert-OH is 1. The molecule has 1 fully saturated rings. The Labute approximate surface area is 115 Å². The second-order valence-corrected chi connectivity index (χ2v) is 4.97. The number of carbonyl (C=O) groups excluding carboxylic acids is 1. The molecule has 5 nitrogen and oxygen atoms in total. The number of halogens is 2. The fourth-order valence-electron chi connectivity index (χ4n) is 2.54. The molecular weight excluding hydrogens is 268 g/mol. The third kappa shape index (κ3) is 2.46. The number of nitrogens with one attached hydrogen (secondary N) is 1. The molecule has 1 heterocycles. The Morgan fingerprint density at radius 1 is 1.50 bits per heavy atom. The van der Waals surface area contributed by atoms with Crippen LogP contribution in [0, 0.1) is 17.6 Å². The van der Waals surface area contributed by atoms with Crippen molar-refractivity contribution in [2.24, 2.45) is 11.8 Å². The largest absolute Gasteiger partial charge is 0.394 e. The molecule has 7 heteroatoms. The number of hydrogen-bond donors (Lipinski definition) is 3. The van der Waals surface area contributed by atoms with E-state index >= 15 is 0 Å². The zero-order chi connectivity index (χ0) is 14.9. The molecule has 110 valence electrons. The normalized spacial score (nSPS) is 22.1. The van der Waals surface area contributed by atoms with Gasteiger partial charge in [0, 0.05) is 12.1 Å². The molecule has 1 aromatic carbocycles. The number of anilines is 1. The Morgan fingerprint density at radius 3 is 2.60 bits per heavy atom. The molecule has 0 radical (unpaired) electrons. The smallest absolute Gasteiger partial charge is 0.254 e. The van der Waals surface area contributed by atoms with Gasteiger partial charge in [0.25, 0.3) is 5.91 Å². The fraction of sp³-hybridized carbons (Fsp3) is 0.462. The molecule has 0 aromatic heterocycles. The van der Waals surface area contributed by atoms with Crippen LogP contribution in [0.4, 0.5) is 14.5 Å². The van der Waals surface area contributed by atoms with Crippen LogP contribution in [-0.2, 0) is 0 Å². The minimum absolute atomic E-state index is 0.0912. The first-order chi connectivity index (χ1) is 9.49. The van der Waals surface area contributed by atoms with E-state index in [4.69, 9.17) is 5.84 Å². The number of carbonyl (C=O) groups is 1. The van der Waals surface area contributed by atoms with E-state index in [1.54, 1.807) is 0 Å². The van der Waals surface area contributed by atoms with Gasteiger partial charge in [0.05, 0.1) is 12.6 Å². The monoisotopic (exact) mass is 285 g/mol.